The van der Waals surface area contributed by atoms with E-state index >= 15 is 0 Å². The van der Waals surface area contributed by atoms with Crippen LogP contribution in [-0.4, -0.2) is 24.1 Å². The van der Waals surface area contributed by atoms with E-state index in [-0.39, 0.29) is 17.5 Å². The average molecular weight is 208 g/mol. The van der Waals surface area contributed by atoms with E-state index in [9.17, 15) is 4.79 Å². The summed E-state index contributed by atoms with van der Waals surface area (Å²) in [5, 5.41) is 0. The number of rotatable bonds is 4. The Morgan fingerprint density at radius 2 is 2.33 bits per heavy atom. The molecule has 0 saturated heterocycles. The van der Waals surface area contributed by atoms with Gasteiger partial charge in [-0.2, -0.15) is 0 Å². The molecule has 0 aliphatic heterocycles. The highest BCUT2D eigenvalue weighted by atomic mass is 16.5. The minimum atomic E-state index is -0.569. The maximum Gasteiger partial charge on any atom is 0.254 e. The van der Waals surface area contributed by atoms with Crippen LogP contribution in [0.15, 0.2) is 12.3 Å². The van der Waals surface area contributed by atoms with Crippen LogP contribution < -0.4 is 15.2 Å². The van der Waals surface area contributed by atoms with Crippen LogP contribution in [0.4, 0.5) is 0 Å². The Labute approximate surface area is 87.2 Å². The lowest BCUT2D eigenvalue weighted by Gasteiger charge is -2.07. The Hall–Kier alpha value is -1.78. The van der Waals surface area contributed by atoms with Crippen LogP contribution in [0.25, 0.3) is 0 Å². The van der Waals surface area contributed by atoms with Gasteiger partial charge in [-0.25, -0.2) is 4.98 Å². The van der Waals surface area contributed by atoms with Crippen LogP contribution in [0.5, 0.6) is 11.6 Å². The predicted molar refractivity (Wildman–Crippen MR) is 53.0 cm³/mol. The van der Waals surface area contributed by atoms with E-state index in [0.29, 0.717) is 5.75 Å². The first kappa shape index (κ1) is 9.76. The summed E-state index contributed by atoms with van der Waals surface area (Å²) in [6, 6.07) is 1.56. The summed E-state index contributed by atoms with van der Waals surface area (Å²) in [6.45, 7) is 0. The van der Waals surface area contributed by atoms with E-state index < -0.39 is 5.91 Å². The summed E-state index contributed by atoms with van der Waals surface area (Å²) in [4.78, 5) is 15.0. The number of hydrogen-bond donors (Lipinski definition) is 1. The van der Waals surface area contributed by atoms with E-state index in [1.54, 1.807) is 6.07 Å². The van der Waals surface area contributed by atoms with Gasteiger partial charge in [0.05, 0.1) is 19.4 Å². The molecule has 0 aromatic carbocycles. The Morgan fingerprint density at radius 1 is 1.60 bits per heavy atom. The molecule has 1 aromatic heterocycles. The fourth-order valence-corrected chi connectivity index (χ4v) is 1.22. The molecule has 0 radical (unpaired) electrons. The molecule has 2 rings (SSSR count). The van der Waals surface area contributed by atoms with Crippen molar-refractivity contribution in [3.63, 3.8) is 0 Å². The van der Waals surface area contributed by atoms with Gasteiger partial charge in [0, 0.05) is 0 Å². The largest absolute Gasteiger partial charge is 0.489 e. The number of carbonyl (C=O) groups is 1. The Bertz CT molecular complexity index is 388. The van der Waals surface area contributed by atoms with Crippen molar-refractivity contribution in [1.82, 2.24) is 4.98 Å². The van der Waals surface area contributed by atoms with Crippen molar-refractivity contribution in [2.75, 3.05) is 7.11 Å². The topological polar surface area (TPSA) is 74.4 Å². The first-order valence-corrected chi connectivity index (χ1v) is 4.71. The SMILES string of the molecule is COc1ncc(OC2CC2)cc1C(N)=O. The van der Waals surface area contributed by atoms with Crippen molar-refractivity contribution in [2.45, 2.75) is 18.9 Å². The number of nitrogens with zero attached hydrogens (tertiary/aromatic N) is 1. The Balaban J connectivity index is 2.26. The fraction of sp³-hybridized carbons (Fsp3) is 0.400. The average Bonchev–Trinajstić information content (AvgIpc) is 3.01. The minimum absolute atomic E-state index is 0.227. The van der Waals surface area contributed by atoms with Gasteiger partial charge in [-0.3, -0.25) is 4.79 Å². The second kappa shape index (κ2) is 3.76. The molecule has 0 bridgehead atoms. The molecule has 80 valence electrons. The molecule has 1 aliphatic rings. The molecule has 1 amide bonds. The van der Waals surface area contributed by atoms with Crippen LogP contribution in [0.3, 0.4) is 0 Å². The predicted octanol–water partition coefficient (Wildman–Crippen LogP) is 0.730. The molecule has 0 spiro atoms. The van der Waals surface area contributed by atoms with Crippen molar-refractivity contribution >= 4 is 5.91 Å². The summed E-state index contributed by atoms with van der Waals surface area (Å²) < 4.78 is 10.4. The summed E-state index contributed by atoms with van der Waals surface area (Å²) in [5.74, 6) is 0.221. The van der Waals surface area contributed by atoms with Crippen LogP contribution in [0.2, 0.25) is 0 Å². The fourth-order valence-electron chi connectivity index (χ4n) is 1.22. The monoisotopic (exact) mass is 208 g/mol. The number of methoxy groups -OCH3 is 1. The van der Waals surface area contributed by atoms with E-state index in [1.165, 1.54) is 13.3 Å². The zero-order valence-corrected chi connectivity index (χ0v) is 8.40. The highest BCUT2D eigenvalue weighted by molar-refractivity contribution is 5.95. The third kappa shape index (κ3) is 2.18. The molecule has 5 heteroatoms. The lowest BCUT2D eigenvalue weighted by Crippen LogP contribution is -2.13. The molecule has 0 atom stereocenters. The van der Waals surface area contributed by atoms with Crippen LogP contribution in [0, 0.1) is 0 Å². The van der Waals surface area contributed by atoms with Crippen molar-refractivity contribution in [3.05, 3.63) is 17.8 Å². The number of nitrogens with two attached hydrogens (primary N) is 1. The van der Waals surface area contributed by atoms with Gasteiger partial charge in [-0.05, 0) is 18.9 Å². The molecule has 1 fully saturated rings. The summed E-state index contributed by atoms with van der Waals surface area (Å²) in [5.41, 5.74) is 5.44. The summed E-state index contributed by atoms with van der Waals surface area (Å²) >= 11 is 0. The molecule has 5 nitrogen and oxygen atoms in total. The quantitative estimate of drug-likeness (QED) is 0.791. The van der Waals surface area contributed by atoms with Gasteiger partial charge >= 0.3 is 0 Å². The van der Waals surface area contributed by atoms with Gasteiger partial charge in [0.1, 0.15) is 11.3 Å². The lowest BCUT2D eigenvalue weighted by atomic mass is 10.2. The van der Waals surface area contributed by atoms with Crippen molar-refractivity contribution in [1.29, 1.82) is 0 Å². The number of aromatic nitrogens is 1. The number of primary amides is 1. The number of carbonyl (C=O) groups excluding carboxylic acids is 1. The Morgan fingerprint density at radius 3 is 2.87 bits per heavy atom. The lowest BCUT2D eigenvalue weighted by molar-refractivity contribution is 0.0996. The van der Waals surface area contributed by atoms with Gasteiger partial charge < -0.3 is 15.2 Å². The third-order valence-corrected chi connectivity index (χ3v) is 2.11. The molecule has 2 N–H and O–H groups in total. The highest BCUT2D eigenvalue weighted by Crippen LogP contribution is 2.28. The van der Waals surface area contributed by atoms with Gasteiger partial charge in [0.15, 0.2) is 0 Å². The number of pyridine rings is 1. The highest BCUT2D eigenvalue weighted by Gasteiger charge is 2.24. The number of ether oxygens (including phenoxy) is 2. The van der Waals surface area contributed by atoms with Gasteiger partial charge in [0.2, 0.25) is 5.88 Å². The van der Waals surface area contributed by atoms with Gasteiger partial charge in [-0.1, -0.05) is 0 Å². The van der Waals surface area contributed by atoms with Crippen molar-refractivity contribution < 1.29 is 14.3 Å². The first-order chi connectivity index (χ1) is 7.20. The number of amides is 1. The Kier molecular flexibility index (Phi) is 2.45. The molecule has 1 saturated carbocycles. The van der Waals surface area contributed by atoms with E-state index in [2.05, 4.69) is 4.98 Å². The summed E-state index contributed by atoms with van der Waals surface area (Å²) in [7, 11) is 1.44. The molecular weight excluding hydrogens is 196 g/mol. The summed E-state index contributed by atoms with van der Waals surface area (Å²) in [6.07, 6.45) is 3.90. The second-order valence-electron chi connectivity index (χ2n) is 3.41. The maximum atomic E-state index is 11.1. The molecule has 15 heavy (non-hydrogen) atoms. The zero-order valence-electron chi connectivity index (χ0n) is 8.40. The normalized spacial score (nSPS) is 14.7. The second-order valence-corrected chi connectivity index (χ2v) is 3.41. The maximum absolute atomic E-state index is 11.1. The zero-order chi connectivity index (χ0) is 10.8. The van der Waals surface area contributed by atoms with Crippen LogP contribution in [0.1, 0.15) is 23.2 Å². The minimum Gasteiger partial charge on any atom is -0.489 e. The van der Waals surface area contributed by atoms with Gasteiger partial charge in [-0.15, -0.1) is 0 Å². The van der Waals surface area contributed by atoms with E-state index in [4.69, 9.17) is 15.2 Å². The standard InChI is InChI=1S/C10H12N2O3/c1-14-10-8(9(11)13)4-7(5-12-10)15-6-2-3-6/h4-6H,2-3H2,1H3,(H2,11,13). The molecular formula is C10H12N2O3. The van der Waals surface area contributed by atoms with Crippen LogP contribution >= 0.6 is 0 Å². The smallest absolute Gasteiger partial charge is 0.254 e. The molecule has 1 heterocycles. The van der Waals surface area contributed by atoms with Crippen molar-refractivity contribution in [2.24, 2.45) is 5.73 Å². The van der Waals surface area contributed by atoms with Crippen molar-refractivity contribution in [3.8, 4) is 11.6 Å². The van der Waals surface area contributed by atoms with Crippen LogP contribution in [-0.2, 0) is 0 Å². The molecule has 0 unspecified atom stereocenters. The van der Waals surface area contributed by atoms with E-state index in [0.717, 1.165) is 12.8 Å². The van der Waals surface area contributed by atoms with E-state index in [1.807, 2.05) is 0 Å². The first-order valence-electron chi connectivity index (χ1n) is 4.71. The molecule has 1 aliphatic carbocycles. The van der Waals surface area contributed by atoms with Gasteiger partial charge in [0.25, 0.3) is 5.91 Å². The number of hydrogen-bond acceptors (Lipinski definition) is 4. The third-order valence-electron chi connectivity index (χ3n) is 2.11. The molecule has 1 aromatic rings.